The van der Waals surface area contributed by atoms with Gasteiger partial charge in [0.2, 0.25) is 0 Å². The molecule has 1 fully saturated rings. The lowest BCUT2D eigenvalue weighted by Crippen LogP contribution is -2.44. The van der Waals surface area contributed by atoms with Gasteiger partial charge in [0, 0.05) is 61.6 Å². The molecule has 5 aromatic rings. The Morgan fingerprint density at radius 3 is 2.61 bits per heavy atom. The summed E-state index contributed by atoms with van der Waals surface area (Å²) < 4.78 is 43.2. The fourth-order valence-electron chi connectivity index (χ4n) is 5.62. The van der Waals surface area contributed by atoms with Gasteiger partial charge in [-0.05, 0) is 42.5 Å². The third kappa shape index (κ3) is 4.31. The van der Waals surface area contributed by atoms with E-state index in [2.05, 4.69) is 20.5 Å². The fraction of sp³-hybridized carbons (Fsp3) is 0.241. The molecule has 2 aliphatic heterocycles. The van der Waals surface area contributed by atoms with Crippen LogP contribution >= 0.6 is 0 Å². The predicted molar refractivity (Wildman–Crippen MR) is 150 cm³/mol. The number of carbonyl (C=O) groups excluding carboxylic acids is 1. The molecule has 0 spiro atoms. The van der Waals surface area contributed by atoms with Crippen molar-refractivity contribution in [3.05, 3.63) is 72.1 Å². The molecule has 0 radical (unpaired) electrons. The molecule has 12 heteroatoms. The first-order valence-corrected chi connectivity index (χ1v) is 13.2. The lowest BCUT2D eigenvalue weighted by molar-refractivity contribution is -0.137. The van der Waals surface area contributed by atoms with E-state index in [1.54, 1.807) is 30.4 Å². The highest BCUT2D eigenvalue weighted by Crippen LogP contribution is 2.44. The molecule has 9 nitrogen and oxygen atoms in total. The fourth-order valence-corrected chi connectivity index (χ4v) is 5.62. The first kappa shape index (κ1) is 25.3. The van der Waals surface area contributed by atoms with Crippen molar-refractivity contribution in [1.82, 2.24) is 30.4 Å². The molecule has 3 aromatic heterocycles. The number of nitrogens with one attached hydrogen (secondary N) is 2. The maximum atomic E-state index is 14.4. The van der Waals surface area contributed by atoms with Crippen LogP contribution in [0.1, 0.15) is 11.1 Å². The number of alkyl halides is 3. The molecule has 1 saturated heterocycles. The second-order valence-corrected chi connectivity index (χ2v) is 10.3. The molecule has 0 atom stereocenters. The van der Waals surface area contributed by atoms with Gasteiger partial charge in [0.1, 0.15) is 5.52 Å². The number of carbonyl (C=O) groups is 1. The first-order chi connectivity index (χ1) is 19.8. The van der Waals surface area contributed by atoms with E-state index in [4.69, 9.17) is 4.98 Å². The van der Waals surface area contributed by atoms with Gasteiger partial charge in [0.15, 0.2) is 0 Å². The van der Waals surface area contributed by atoms with Crippen LogP contribution in [-0.4, -0.2) is 64.3 Å². The second kappa shape index (κ2) is 9.44. The number of benzene rings is 2. The summed E-state index contributed by atoms with van der Waals surface area (Å²) in [4.78, 5) is 27.6. The summed E-state index contributed by atoms with van der Waals surface area (Å²) in [5, 5.41) is 11.1. The van der Waals surface area contributed by atoms with Gasteiger partial charge >= 0.3 is 12.2 Å². The van der Waals surface area contributed by atoms with E-state index >= 15 is 0 Å². The van der Waals surface area contributed by atoms with Gasteiger partial charge in [-0.2, -0.15) is 18.3 Å². The average molecular weight is 559 g/mol. The van der Waals surface area contributed by atoms with Crippen molar-refractivity contribution in [2.75, 3.05) is 43.0 Å². The smallest absolute Gasteiger partial charge is 0.368 e. The van der Waals surface area contributed by atoms with Crippen LogP contribution in [0.25, 0.3) is 33.2 Å². The Bertz CT molecular complexity index is 1810. The molecule has 0 aliphatic carbocycles. The lowest BCUT2D eigenvalue weighted by atomic mass is 10.0. The van der Waals surface area contributed by atoms with E-state index in [1.807, 2.05) is 30.3 Å². The standard InChI is InChI=1S/C29H25F3N8O/c1-38-16-19-14-34-24-6-5-22(17-2-4-23-18(12-17)15-35-37-23)36-26(24)27(19)40(28(38)41)20-3-7-25(21(13-20)29(30,31)32)39-10-8-33-9-11-39/h2-7,12-15,33H,8-11,16H2,1H3,(H,35,37). The van der Waals surface area contributed by atoms with Crippen LogP contribution in [0.15, 0.2) is 60.9 Å². The maximum Gasteiger partial charge on any atom is 0.418 e. The third-order valence-electron chi connectivity index (χ3n) is 7.65. The van der Waals surface area contributed by atoms with Crippen LogP contribution in [0, 0.1) is 0 Å². The number of aromatic amines is 1. The van der Waals surface area contributed by atoms with E-state index in [0.717, 1.165) is 22.5 Å². The van der Waals surface area contributed by atoms with Crippen molar-refractivity contribution in [2.45, 2.75) is 12.7 Å². The summed E-state index contributed by atoms with van der Waals surface area (Å²) >= 11 is 0. The predicted octanol–water partition coefficient (Wildman–Crippen LogP) is 5.31. The van der Waals surface area contributed by atoms with Crippen LogP contribution in [0.2, 0.25) is 0 Å². The maximum absolute atomic E-state index is 14.4. The number of rotatable bonds is 3. The Morgan fingerprint density at radius 1 is 0.976 bits per heavy atom. The Hall–Kier alpha value is -4.71. The normalized spacial score (nSPS) is 16.1. The van der Waals surface area contributed by atoms with Crippen molar-refractivity contribution in [2.24, 2.45) is 0 Å². The Morgan fingerprint density at radius 2 is 1.80 bits per heavy atom. The number of nitrogens with zero attached hydrogens (tertiary/aromatic N) is 6. The van der Waals surface area contributed by atoms with Gasteiger partial charge in [0.25, 0.3) is 0 Å². The molecule has 7 rings (SSSR count). The highest BCUT2D eigenvalue weighted by molar-refractivity contribution is 6.08. The van der Waals surface area contributed by atoms with Crippen LogP contribution < -0.4 is 15.1 Å². The van der Waals surface area contributed by atoms with Crippen LogP contribution in [0.5, 0.6) is 0 Å². The van der Waals surface area contributed by atoms with Crippen molar-refractivity contribution in [1.29, 1.82) is 0 Å². The molecule has 41 heavy (non-hydrogen) atoms. The molecule has 0 bridgehead atoms. The van der Waals surface area contributed by atoms with Gasteiger partial charge in [-0.25, -0.2) is 9.78 Å². The largest absolute Gasteiger partial charge is 0.418 e. The SMILES string of the molecule is CN1Cc2cnc3ccc(-c4ccc5[nH]ncc5c4)nc3c2N(c2ccc(N3CCNCC3)c(C(F)(F)F)c2)C1=O. The number of amides is 2. The zero-order valence-corrected chi connectivity index (χ0v) is 22.0. The molecular weight excluding hydrogens is 533 g/mol. The van der Waals surface area contributed by atoms with E-state index in [1.165, 1.54) is 15.9 Å². The minimum absolute atomic E-state index is 0.107. The number of piperazine rings is 1. The van der Waals surface area contributed by atoms with Crippen LogP contribution in [-0.2, 0) is 12.7 Å². The quantitative estimate of drug-likeness (QED) is 0.312. The molecular formula is C29H25F3N8O. The summed E-state index contributed by atoms with van der Waals surface area (Å²) in [6, 6.07) is 13.1. The molecule has 2 amide bonds. The van der Waals surface area contributed by atoms with Gasteiger partial charge in [-0.3, -0.25) is 15.0 Å². The summed E-state index contributed by atoms with van der Waals surface area (Å²) in [5.41, 5.74) is 3.92. The summed E-state index contributed by atoms with van der Waals surface area (Å²) in [6.07, 6.45) is -1.23. The van der Waals surface area contributed by atoms with Gasteiger partial charge in [-0.15, -0.1) is 0 Å². The van der Waals surface area contributed by atoms with E-state index in [9.17, 15) is 18.0 Å². The summed E-state index contributed by atoms with van der Waals surface area (Å²) in [6.45, 7) is 2.38. The van der Waals surface area contributed by atoms with Crippen molar-refractivity contribution in [3.63, 3.8) is 0 Å². The number of hydrogen-bond donors (Lipinski definition) is 2. The number of hydrogen-bond acceptors (Lipinski definition) is 6. The topological polar surface area (TPSA) is 93.3 Å². The Kier molecular flexibility index (Phi) is 5.82. The number of pyridine rings is 2. The van der Waals surface area contributed by atoms with Crippen molar-refractivity contribution >= 4 is 45.0 Å². The minimum Gasteiger partial charge on any atom is -0.368 e. The summed E-state index contributed by atoms with van der Waals surface area (Å²) in [5.74, 6) is 0. The highest BCUT2D eigenvalue weighted by atomic mass is 19.4. The molecule has 2 aliphatic rings. The van der Waals surface area contributed by atoms with Crippen LogP contribution in [0.4, 0.5) is 35.0 Å². The molecule has 5 heterocycles. The van der Waals surface area contributed by atoms with Gasteiger partial charge in [-0.1, -0.05) is 6.07 Å². The molecule has 0 unspecified atom stereocenters. The highest BCUT2D eigenvalue weighted by Gasteiger charge is 2.38. The van der Waals surface area contributed by atoms with Crippen LogP contribution in [0.3, 0.4) is 0 Å². The summed E-state index contributed by atoms with van der Waals surface area (Å²) in [7, 11) is 1.62. The van der Waals surface area contributed by atoms with E-state index in [-0.39, 0.29) is 17.9 Å². The number of anilines is 3. The Balaban J connectivity index is 1.40. The van der Waals surface area contributed by atoms with Crippen molar-refractivity contribution < 1.29 is 18.0 Å². The number of aromatic nitrogens is 4. The molecule has 2 N–H and O–H groups in total. The molecule has 208 valence electrons. The van der Waals surface area contributed by atoms with Gasteiger partial charge < -0.3 is 15.1 Å². The second-order valence-electron chi connectivity index (χ2n) is 10.3. The van der Waals surface area contributed by atoms with Gasteiger partial charge in [0.05, 0.1) is 46.4 Å². The average Bonchev–Trinajstić information content (AvgIpc) is 3.45. The Labute approximate surface area is 232 Å². The molecule has 0 saturated carbocycles. The number of H-pyrrole nitrogens is 1. The zero-order chi connectivity index (χ0) is 28.3. The molecule has 2 aromatic carbocycles. The minimum atomic E-state index is -4.61. The van der Waals surface area contributed by atoms with Crippen molar-refractivity contribution in [3.8, 4) is 11.3 Å². The monoisotopic (exact) mass is 558 g/mol. The third-order valence-corrected chi connectivity index (χ3v) is 7.65. The first-order valence-electron chi connectivity index (χ1n) is 13.2. The van der Waals surface area contributed by atoms with E-state index in [0.29, 0.717) is 54.2 Å². The lowest BCUT2D eigenvalue weighted by Gasteiger charge is -2.36. The number of fused-ring (bicyclic) bond motifs is 4. The van der Waals surface area contributed by atoms with E-state index < -0.39 is 17.8 Å². The zero-order valence-electron chi connectivity index (χ0n) is 22.0. The number of urea groups is 1. The number of halogens is 3.